The second-order valence-corrected chi connectivity index (χ2v) is 6.97. The fraction of sp³-hybridized carbons (Fsp3) is 0.375. The number of fused-ring (bicyclic) bond motifs is 2. The maximum atomic E-state index is 12.5. The molecule has 0 amide bonds. The average Bonchev–Trinajstić information content (AvgIpc) is 2.67. The molecule has 0 aliphatic carbocycles. The van der Waals surface area contributed by atoms with Crippen molar-refractivity contribution in [3.05, 3.63) is 54.1 Å². The van der Waals surface area contributed by atoms with Crippen LogP contribution in [-0.4, -0.2) is 5.97 Å². The highest BCUT2D eigenvalue weighted by Gasteiger charge is 2.13. The van der Waals surface area contributed by atoms with Crippen LogP contribution in [0.25, 0.3) is 21.5 Å². The van der Waals surface area contributed by atoms with Gasteiger partial charge < -0.3 is 4.74 Å². The van der Waals surface area contributed by atoms with Crippen LogP contribution < -0.4 is 4.74 Å². The number of hydrogen-bond donors (Lipinski definition) is 0. The molecule has 0 saturated carbocycles. The third kappa shape index (κ3) is 4.24. The Morgan fingerprint density at radius 1 is 0.846 bits per heavy atom. The summed E-state index contributed by atoms with van der Waals surface area (Å²) in [4.78, 5) is 12.5. The minimum atomic E-state index is -0.124. The predicted molar refractivity (Wildman–Crippen MR) is 110 cm³/mol. The lowest BCUT2D eigenvalue weighted by atomic mass is 9.99. The Labute approximate surface area is 156 Å². The zero-order chi connectivity index (χ0) is 18.4. The Morgan fingerprint density at radius 2 is 1.62 bits per heavy atom. The molecule has 0 unspecified atom stereocenters. The highest BCUT2D eigenvalue weighted by atomic mass is 16.5. The fourth-order valence-corrected chi connectivity index (χ4v) is 3.44. The van der Waals surface area contributed by atoms with Gasteiger partial charge in [0.25, 0.3) is 0 Å². The highest BCUT2D eigenvalue weighted by molar-refractivity contribution is 6.06. The van der Waals surface area contributed by atoms with Gasteiger partial charge in [-0.05, 0) is 41.3 Å². The van der Waals surface area contributed by atoms with Gasteiger partial charge in [-0.2, -0.15) is 0 Å². The topological polar surface area (TPSA) is 26.3 Å². The van der Waals surface area contributed by atoms with Crippen LogP contribution in [0.15, 0.2) is 48.5 Å². The van der Waals surface area contributed by atoms with Gasteiger partial charge in [-0.25, -0.2) is 0 Å². The first-order valence-corrected chi connectivity index (χ1v) is 9.88. The predicted octanol–water partition coefficient (Wildman–Crippen LogP) is 6.82. The molecule has 3 rings (SSSR count). The standard InChI is InChI=1S/C24H28O2/c1-3-5-6-7-8-13-23(25)26-24-21-12-10-9-11-19(21)17-20-15-14-18(4-2)16-22(20)24/h9-12,14-17H,3-8,13H2,1-2H3. The molecule has 0 atom stereocenters. The van der Waals surface area contributed by atoms with Crippen molar-refractivity contribution in [2.75, 3.05) is 0 Å². The van der Waals surface area contributed by atoms with Crippen molar-refractivity contribution in [2.24, 2.45) is 0 Å². The maximum Gasteiger partial charge on any atom is 0.311 e. The summed E-state index contributed by atoms with van der Waals surface area (Å²) in [7, 11) is 0. The van der Waals surface area contributed by atoms with Gasteiger partial charge in [0.05, 0.1) is 0 Å². The lowest BCUT2D eigenvalue weighted by Crippen LogP contribution is -2.08. The van der Waals surface area contributed by atoms with Crippen LogP contribution >= 0.6 is 0 Å². The minimum absolute atomic E-state index is 0.124. The Kier molecular flexibility index (Phi) is 6.27. The molecule has 0 aliphatic rings. The Morgan fingerprint density at radius 3 is 2.42 bits per heavy atom. The molecule has 0 heterocycles. The van der Waals surface area contributed by atoms with E-state index in [0.29, 0.717) is 12.2 Å². The average molecular weight is 348 g/mol. The quantitative estimate of drug-likeness (QED) is 0.193. The molecule has 0 spiro atoms. The van der Waals surface area contributed by atoms with Gasteiger partial charge in [-0.3, -0.25) is 4.79 Å². The van der Waals surface area contributed by atoms with Crippen LogP contribution in [0.3, 0.4) is 0 Å². The molecule has 0 N–H and O–H groups in total. The van der Waals surface area contributed by atoms with Crippen LogP contribution in [0.1, 0.15) is 57.9 Å². The molecule has 0 fully saturated rings. The summed E-state index contributed by atoms with van der Waals surface area (Å²) >= 11 is 0. The Hall–Kier alpha value is -2.35. The third-order valence-corrected chi connectivity index (χ3v) is 4.99. The van der Waals surface area contributed by atoms with Gasteiger partial charge in [0.15, 0.2) is 0 Å². The number of unbranched alkanes of at least 4 members (excludes halogenated alkanes) is 4. The zero-order valence-electron chi connectivity index (χ0n) is 15.9. The monoisotopic (exact) mass is 348 g/mol. The van der Waals surface area contributed by atoms with Gasteiger partial charge in [-0.15, -0.1) is 0 Å². The number of carbonyl (C=O) groups excluding carboxylic acids is 1. The summed E-state index contributed by atoms with van der Waals surface area (Å²) in [6.45, 7) is 4.34. The molecular weight excluding hydrogens is 320 g/mol. The van der Waals surface area contributed by atoms with Crippen LogP contribution in [0, 0.1) is 0 Å². The minimum Gasteiger partial charge on any atom is -0.425 e. The van der Waals surface area contributed by atoms with Crippen LogP contribution in [0.2, 0.25) is 0 Å². The number of hydrogen-bond acceptors (Lipinski definition) is 2. The summed E-state index contributed by atoms with van der Waals surface area (Å²) in [5, 5.41) is 4.26. The summed E-state index contributed by atoms with van der Waals surface area (Å²) in [6.07, 6.45) is 7.10. The highest BCUT2D eigenvalue weighted by Crippen LogP contribution is 2.36. The lowest BCUT2D eigenvalue weighted by molar-refractivity contribution is -0.134. The van der Waals surface area contributed by atoms with E-state index in [1.54, 1.807) is 0 Å². The fourth-order valence-electron chi connectivity index (χ4n) is 3.44. The smallest absolute Gasteiger partial charge is 0.311 e. The van der Waals surface area contributed by atoms with Gasteiger partial charge in [0, 0.05) is 17.2 Å². The van der Waals surface area contributed by atoms with Gasteiger partial charge >= 0.3 is 5.97 Å². The van der Waals surface area contributed by atoms with Crippen molar-refractivity contribution in [1.82, 2.24) is 0 Å². The summed E-state index contributed by atoms with van der Waals surface area (Å²) in [5.41, 5.74) is 1.25. The first kappa shape index (κ1) is 18.4. The molecule has 3 aromatic rings. The number of benzene rings is 3. The molecule has 0 aromatic heterocycles. The van der Waals surface area contributed by atoms with Crippen LogP contribution in [0.5, 0.6) is 5.75 Å². The number of ether oxygens (including phenoxy) is 1. The van der Waals surface area contributed by atoms with E-state index < -0.39 is 0 Å². The lowest BCUT2D eigenvalue weighted by Gasteiger charge is -2.13. The van der Waals surface area contributed by atoms with Crippen LogP contribution in [0.4, 0.5) is 0 Å². The SMILES string of the molecule is CCCCCCCC(=O)Oc1c2ccccc2cc2ccc(CC)cc12. The zero-order valence-corrected chi connectivity index (χ0v) is 15.9. The van der Waals surface area contributed by atoms with E-state index in [9.17, 15) is 4.79 Å². The van der Waals surface area contributed by atoms with Crippen molar-refractivity contribution in [3.63, 3.8) is 0 Å². The molecular formula is C24H28O2. The van der Waals surface area contributed by atoms with E-state index in [4.69, 9.17) is 4.74 Å². The first-order valence-electron chi connectivity index (χ1n) is 9.88. The molecule has 26 heavy (non-hydrogen) atoms. The van der Waals surface area contributed by atoms with Gasteiger partial charge in [-0.1, -0.05) is 75.9 Å². The number of aryl methyl sites for hydroxylation is 1. The summed E-state index contributed by atoms with van der Waals surface area (Å²) in [6, 6.07) is 16.7. The number of rotatable bonds is 8. The molecule has 0 radical (unpaired) electrons. The Balaban J connectivity index is 1.89. The van der Waals surface area contributed by atoms with E-state index in [-0.39, 0.29) is 5.97 Å². The van der Waals surface area contributed by atoms with Gasteiger partial charge in [0.2, 0.25) is 0 Å². The van der Waals surface area contributed by atoms with E-state index in [0.717, 1.165) is 40.8 Å². The normalized spacial score (nSPS) is 11.2. The first-order chi connectivity index (χ1) is 12.7. The van der Waals surface area contributed by atoms with Crippen molar-refractivity contribution < 1.29 is 9.53 Å². The van der Waals surface area contributed by atoms with Crippen molar-refractivity contribution >= 4 is 27.5 Å². The maximum absolute atomic E-state index is 12.5. The second kappa shape index (κ2) is 8.84. The largest absolute Gasteiger partial charge is 0.425 e. The van der Waals surface area contributed by atoms with Gasteiger partial charge in [0.1, 0.15) is 5.75 Å². The summed E-state index contributed by atoms with van der Waals surface area (Å²) < 4.78 is 5.91. The molecule has 0 bridgehead atoms. The number of esters is 1. The molecule has 136 valence electrons. The summed E-state index contributed by atoms with van der Waals surface area (Å²) in [5.74, 6) is 0.591. The molecule has 0 saturated heterocycles. The second-order valence-electron chi connectivity index (χ2n) is 6.97. The van der Waals surface area contributed by atoms with E-state index in [1.165, 1.54) is 24.8 Å². The van der Waals surface area contributed by atoms with E-state index >= 15 is 0 Å². The molecule has 0 aliphatic heterocycles. The molecule has 3 aromatic carbocycles. The van der Waals surface area contributed by atoms with E-state index in [1.807, 2.05) is 18.2 Å². The number of carbonyl (C=O) groups is 1. The van der Waals surface area contributed by atoms with Crippen LogP contribution in [-0.2, 0) is 11.2 Å². The Bertz CT molecular complexity index is 895. The molecule has 2 heteroatoms. The third-order valence-electron chi connectivity index (χ3n) is 4.99. The van der Waals surface area contributed by atoms with E-state index in [2.05, 4.69) is 44.2 Å². The van der Waals surface area contributed by atoms with Crippen molar-refractivity contribution in [3.8, 4) is 5.75 Å². The van der Waals surface area contributed by atoms with Crippen molar-refractivity contribution in [2.45, 2.75) is 58.8 Å². The molecule has 2 nitrogen and oxygen atoms in total. The van der Waals surface area contributed by atoms with Crippen molar-refractivity contribution in [1.29, 1.82) is 0 Å².